The number of nitrogens with one attached hydrogen (secondary N) is 1. The highest BCUT2D eigenvalue weighted by Gasteiger charge is 2.11. The van der Waals surface area contributed by atoms with Crippen molar-refractivity contribution in [3.8, 4) is 0 Å². The Bertz CT molecular complexity index is 679. The van der Waals surface area contributed by atoms with E-state index in [4.69, 9.17) is 0 Å². The van der Waals surface area contributed by atoms with E-state index in [1.807, 2.05) is 23.7 Å². The lowest BCUT2D eigenvalue weighted by Crippen LogP contribution is -2.20. The molecule has 0 radical (unpaired) electrons. The minimum absolute atomic E-state index is 0.309. The number of para-hydroxylation sites is 1. The monoisotopic (exact) mass is 283 g/mol. The summed E-state index contributed by atoms with van der Waals surface area (Å²) in [6.45, 7) is 2.94. The maximum Gasteiger partial charge on any atom is 0.109 e. The van der Waals surface area contributed by atoms with Gasteiger partial charge in [-0.3, -0.25) is 4.98 Å². The molecule has 0 aliphatic heterocycles. The number of rotatable bonds is 5. The van der Waals surface area contributed by atoms with Crippen molar-refractivity contribution < 1.29 is 0 Å². The molecule has 0 aliphatic carbocycles. The molecular weight excluding hydrogens is 266 g/mol. The number of hydrogen-bond donors (Lipinski definition) is 1. The zero-order valence-corrected chi connectivity index (χ0v) is 12.2. The van der Waals surface area contributed by atoms with E-state index >= 15 is 0 Å². The van der Waals surface area contributed by atoms with Crippen LogP contribution in [-0.2, 0) is 6.54 Å². The van der Waals surface area contributed by atoms with E-state index in [-0.39, 0.29) is 0 Å². The lowest BCUT2D eigenvalue weighted by molar-refractivity contribution is 0.512. The maximum atomic E-state index is 4.68. The second-order valence-electron chi connectivity index (χ2n) is 4.71. The van der Waals surface area contributed by atoms with E-state index in [1.165, 1.54) is 5.39 Å². The van der Waals surface area contributed by atoms with Gasteiger partial charge >= 0.3 is 0 Å². The van der Waals surface area contributed by atoms with Crippen LogP contribution in [0, 0.1) is 0 Å². The van der Waals surface area contributed by atoms with Gasteiger partial charge in [0.15, 0.2) is 0 Å². The highest BCUT2D eigenvalue weighted by atomic mass is 32.1. The van der Waals surface area contributed by atoms with E-state index in [9.17, 15) is 0 Å². The van der Waals surface area contributed by atoms with Crippen molar-refractivity contribution in [3.05, 3.63) is 58.7 Å². The minimum atomic E-state index is 0.309. The van der Waals surface area contributed by atoms with Gasteiger partial charge in [0.2, 0.25) is 0 Å². The molecule has 20 heavy (non-hydrogen) atoms. The van der Waals surface area contributed by atoms with Gasteiger partial charge < -0.3 is 5.32 Å². The van der Waals surface area contributed by atoms with Crippen LogP contribution in [0.4, 0.5) is 0 Å². The minimum Gasteiger partial charge on any atom is -0.302 e. The first-order chi connectivity index (χ1) is 9.86. The Hall–Kier alpha value is -1.78. The molecular formula is C16H17N3S. The Morgan fingerprint density at radius 3 is 2.90 bits per heavy atom. The first-order valence-electron chi connectivity index (χ1n) is 6.84. The van der Waals surface area contributed by atoms with Crippen LogP contribution >= 0.6 is 11.3 Å². The van der Waals surface area contributed by atoms with Gasteiger partial charge in [-0.2, -0.15) is 0 Å². The summed E-state index contributed by atoms with van der Waals surface area (Å²) >= 11 is 1.70. The number of aromatic nitrogens is 2. The van der Waals surface area contributed by atoms with Crippen LogP contribution in [0.5, 0.6) is 0 Å². The standard InChI is InChI=1S/C16H17N3S/c1-2-14(16-17-9-10-20-16)18-11-13-8-7-12-5-3-4-6-15(12)19-13/h3-10,14,18H,2,11H2,1H3. The van der Waals surface area contributed by atoms with Crippen molar-refractivity contribution >= 4 is 22.2 Å². The molecule has 2 heterocycles. The fraction of sp³-hybridized carbons (Fsp3) is 0.250. The molecule has 1 atom stereocenters. The molecule has 0 amide bonds. The SMILES string of the molecule is CCC(NCc1ccc2ccccc2n1)c1nccs1. The van der Waals surface area contributed by atoms with Gasteiger partial charge in [-0.05, 0) is 18.6 Å². The first kappa shape index (κ1) is 13.2. The van der Waals surface area contributed by atoms with E-state index < -0.39 is 0 Å². The Morgan fingerprint density at radius 1 is 1.20 bits per heavy atom. The van der Waals surface area contributed by atoms with Crippen LogP contribution in [0.3, 0.4) is 0 Å². The van der Waals surface area contributed by atoms with Crippen molar-refractivity contribution in [2.45, 2.75) is 25.9 Å². The lowest BCUT2D eigenvalue weighted by Gasteiger charge is -2.14. The van der Waals surface area contributed by atoms with Crippen LogP contribution in [0.15, 0.2) is 48.0 Å². The molecule has 0 spiro atoms. The fourth-order valence-electron chi connectivity index (χ4n) is 2.25. The smallest absolute Gasteiger partial charge is 0.109 e. The third-order valence-corrected chi connectivity index (χ3v) is 4.23. The van der Waals surface area contributed by atoms with Gasteiger partial charge in [-0.1, -0.05) is 31.2 Å². The molecule has 1 aromatic carbocycles. The quantitative estimate of drug-likeness (QED) is 0.771. The Balaban J connectivity index is 1.73. The number of thiazole rings is 1. The summed E-state index contributed by atoms with van der Waals surface area (Å²) in [5.74, 6) is 0. The van der Waals surface area contributed by atoms with Gasteiger partial charge in [-0.25, -0.2) is 4.98 Å². The number of benzene rings is 1. The molecule has 3 aromatic rings. The van der Waals surface area contributed by atoms with Crippen molar-refractivity contribution in [3.63, 3.8) is 0 Å². The van der Waals surface area contributed by atoms with Gasteiger partial charge in [0, 0.05) is 23.5 Å². The summed E-state index contributed by atoms with van der Waals surface area (Å²) < 4.78 is 0. The van der Waals surface area contributed by atoms with Crippen LogP contribution in [0.1, 0.15) is 30.1 Å². The molecule has 1 unspecified atom stereocenters. The second-order valence-corrected chi connectivity index (χ2v) is 5.63. The third-order valence-electron chi connectivity index (χ3n) is 3.34. The van der Waals surface area contributed by atoms with Crippen LogP contribution in [-0.4, -0.2) is 9.97 Å². The van der Waals surface area contributed by atoms with Gasteiger partial charge in [0.25, 0.3) is 0 Å². The predicted molar refractivity (Wildman–Crippen MR) is 83.7 cm³/mol. The summed E-state index contributed by atoms with van der Waals surface area (Å²) in [4.78, 5) is 9.07. The number of nitrogens with zero attached hydrogens (tertiary/aromatic N) is 2. The third kappa shape index (κ3) is 2.86. The highest BCUT2D eigenvalue weighted by Crippen LogP contribution is 2.19. The summed E-state index contributed by atoms with van der Waals surface area (Å²) in [6, 6.07) is 12.7. The van der Waals surface area contributed by atoms with Gasteiger partial charge in [0.05, 0.1) is 17.3 Å². The van der Waals surface area contributed by atoms with Crippen molar-refractivity contribution in [2.24, 2.45) is 0 Å². The zero-order valence-electron chi connectivity index (χ0n) is 11.4. The summed E-state index contributed by atoms with van der Waals surface area (Å²) in [5.41, 5.74) is 2.12. The molecule has 1 N–H and O–H groups in total. The van der Waals surface area contributed by atoms with Gasteiger partial charge in [-0.15, -0.1) is 11.3 Å². The van der Waals surface area contributed by atoms with E-state index in [2.05, 4.69) is 46.5 Å². The van der Waals surface area contributed by atoms with Crippen LogP contribution in [0.25, 0.3) is 10.9 Å². The Kier molecular flexibility index (Phi) is 4.04. The summed E-state index contributed by atoms with van der Waals surface area (Å²) in [6.07, 6.45) is 2.89. The molecule has 4 heteroatoms. The molecule has 3 nitrogen and oxygen atoms in total. The molecule has 2 aromatic heterocycles. The topological polar surface area (TPSA) is 37.8 Å². The van der Waals surface area contributed by atoms with Crippen molar-refractivity contribution in [1.82, 2.24) is 15.3 Å². The molecule has 3 rings (SSSR count). The normalized spacial score (nSPS) is 12.7. The fourth-order valence-corrected chi connectivity index (χ4v) is 3.04. The predicted octanol–water partition coefficient (Wildman–Crippen LogP) is 3.93. The van der Waals surface area contributed by atoms with Gasteiger partial charge in [0.1, 0.15) is 5.01 Å². The molecule has 102 valence electrons. The summed E-state index contributed by atoms with van der Waals surface area (Å²) in [7, 11) is 0. The first-order valence-corrected chi connectivity index (χ1v) is 7.72. The zero-order chi connectivity index (χ0) is 13.8. The average molecular weight is 283 g/mol. The number of pyridine rings is 1. The number of hydrogen-bond acceptors (Lipinski definition) is 4. The molecule has 0 saturated carbocycles. The largest absolute Gasteiger partial charge is 0.302 e. The lowest BCUT2D eigenvalue weighted by atomic mass is 10.2. The van der Waals surface area contributed by atoms with Crippen LogP contribution in [0.2, 0.25) is 0 Å². The maximum absolute atomic E-state index is 4.68. The summed E-state index contributed by atoms with van der Waals surface area (Å²) in [5, 5.41) is 7.89. The van der Waals surface area contributed by atoms with E-state index in [0.29, 0.717) is 6.04 Å². The second kappa shape index (κ2) is 6.11. The Morgan fingerprint density at radius 2 is 2.10 bits per heavy atom. The average Bonchev–Trinajstić information content (AvgIpc) is 3.02. The molecule has 0 fully saturated rings. The van der Waals surface area contributed by atoms with Crippen LogP contribution < -0.4 is 5.32 Å². The van der Waals surface area contributed by atoms with E-state index in [0.717, 1.165) is 29.2 Å². The Labute approximate surface area is 122 Å². The van der Waals surface area contributed by atoms with Crippen molar-refractivity contribution in [2.75, 3.05) is 0 Å². The number of fused-ring (bicyclic) bond motifs is 1. The molecule has 0 aliphatic rings. The van der Waals surface area contributed by atoms with E-state index in [1.54, 1.807) is 11.3 Å². The molecule has 0 saturated heterocycles. The highest BCUT2D eigenvalue weighted by molar-refractivity contribution is 7.09. The van der Waals surface area contributed by atoms with Crippen molar-refractivity contribution in [1.29, 1.82) is 0 Å². The molecule has 0 bridgehead atoms.